The summed E-state index contributed by atoms with van der Waals surface area (Å²) in [7, 11) is 2.05. The third-order valence-corrected chi connectivity index (χ3v) is 3.92. The van der Waals surface area contributed by atoms with E-state index in [2.05, 4.69) is 60.7 Å². The maximum Gasteiger partial charge on any atom is 0.0624 e. The Morgan fingerprint density at radius 3 is 2.57 bits per heavy atom. The fourth-order valence-corrected chi connectivity index (χ4v) is 2.66. The lowest BCUT2D eigenvalue weighted by Crippen LogP contribution is -2.23. The summed E-state index contributed by atoms with van der Waals surface area (Å²) in [5.74, 6) is 0. The van der Waals surface area contributed by atoms with Crippen molar-refractivity contribution in [2.24, 2.45) is 7.05 Å². The van der Waals surface area contributed by atoms with Gasteiger partial charge in [0.25, 0.3) is 0 Å². The number of nitrogens with zero attached hydrogens (tertiary/aromatic N) is 2. The minimum atomic E-state index is 0.422. The number of hydrogen-bond donors (Lipinski definition) is 1. The Kier molecular flexibility index (Phi) is 6.00. The van der Waals surface area contributed by atoms with Crippen LogP contribution in [0.4, 0.5) is 0 Å². The highest BCUT2D eigenvalue weighted by atomic mass is 15.3. The van der Waals surface area contributed by atoms with E-state index >= 15 is 0 Å². The first-order valence-electron chi connectivity index (χ1n) is 8.04. The maximum absolute atomic E-state index is 4.54. The Morgan fingerprint density at radius 2 is 1.95 bits per heavy atom. The average Bonchev–Trinajstić information content (AvgIpc) is 2.89. The summed E-state index contributed by atoms with van der Waals surface area (Å²) < 4.78 is 2.03. The van der Waals surface area contributed by atoms with Gasteiger partial charge in [0, 0.05) is 18.8 Å². The smallest absolute Gasteiger partial charge is 0.0624 e. The summed E-state index contributed by atoms with van der Waals surface area (Å²) in [6.45, 7) is 5.43. The van der Waals surface area contributed by atoms with Crippen LogP contribution < -0.4 is 5.32 Å². The molecule has 1 aromatic carbocycles. The van der Waals surface area contributed by atoms with Gasteiger partial charge in [0.15, 0.2) is 0 Å². The first-order valence-corrected chi connectivity index (χ1v) is 8.04. The quantitative estimate of drug-likeness (QED) is 0.802. The molecule has 1 atom stereocenters. The molecular weight excluding hydrogens is 258 g/mol. The van der Waals surface area contributed by atoms with Crippen molar-refractivity contribution in [3.8, 4) is 0 Å². The van der Waals surface area contributed by atoms with E-state index in [1.165, 1.54) is 17.0 Å². The Bertz CT molecular complexity index is 531. The third kappa shape index (κ3) is 4.43. The molecule has 114 valence electrons. The van der Waals surface area contributed by atoms with Gasteiger partial charge in [-0.1, -0.05) is 44.2 Å². The summed E-state index contributed by atoms with van der Waals surface area (Å²) in [5, 5.41) is 8.20. The predicted molar refractivity (Wildman–Crippen MR) is 88.4 cm³/mol. The molecule has 0 spiro atoms. The van der Waals surface area contributed by atoms with Crippen molar-refractivity contribution in [2.75, 3.05) is 6.54 Å². The standard InChI is InChI=1S/C18H27N3/c1-4-13-19-18(15-9-7-6-8-10-15)12-11-17-14-16(5-2)20-21(17)3/h6-10,14,18-19H,4-5,11-13H2,1-3H3. The summed E-state index contributed by atoms with van der Waals surface area (Å²) in [5.41, 5.74) is 3.89. The molecule has 1 unspecified atom stereocenters. The van der Waals surface area contributed by atoms with E-state index in [0.29, 0.717) is 6.04 Å². The van der Waals surface area contributed by atoms with E-state index < -0.39 is 0 Å². The van der Waals surface area contributed by atoms with E-state index in [0.717, 1.165) is 32.2 Å². The van der Waals surface area contributed by atoms with Gasteiger partial charge in [-0.05, 0) is 43.9 Å². The van der Waals surface area contributed by atoms with Gasteiger partial charge in [0.1, 0.15) is 0 Å². The Hall–Kier alpha value is -1.61. The zero-order valence-electron chi connectivity index (χ0n) is 13.5. The summed E-state index contributed by atoms with van der Waals surface area (Å²) in [4.78, 5) is 0. The second-order valence-corrected chi connectivity index (χ2v) is 5.56. The van der Waals surface area contributed by atoms with E-state index in [1.807, 2.05) is 11.7 Å². The molecule has 0 aliphatic rings. The number of hydrogen-bond acceptors (Lipinski definition) is 2. The molecule has 21 heavy (non-hydrogen) atoms. The normalized spacial score (nSPS) is 12.5. The molecule has 3 nitrogen and oxygen atoms in total. The topological polar surface area (TPSA) is 29.9 Å². The van der Waals surface area contributed by atoms with Crippen molar-refractivity contribution in [2.45, 2.75) is 45.6 Å². The molecule has 0 saturated carbocycles. The molecular formula is C18H27N3. The highest BCUT2D eigenvalue weighted by molar-refractivity contribution is 5.19. The van der Waals surface area contributed by atoms with E-state index in [4.69, 9.17) is 0 Å². The van der Waals surface area contributed by atoms with Crippen LogP contribution in [0.3, 0.4) is 0 Å². The van der Waals surface area contributed by atoms with Crippen molar-refractivity contribution in [1.82, 2.24) is 15.1 Å². The monoisotopic (exact) mass is 285 g/mol. The van der Waals surface area contributed by atoms with Crippen LogP contribution in [0.2, 0.25) is 0 Å². The Labute approximate surface area is 128 Å². The molecule has 0 amide bonds. The first kappa shape index (κ1) is 15.8. The first-order chi connectivity index (χ1) is 10.2. The zero-order valence-corrected chi connectivity index (χ0v) is 13.5. The second kappa shape index (κ2) is 7.99. The van der Waals surface area contributed by atoms with Crippen LogP contribution in [0.25, 0.3) is 0 Å². The number of benzene rings is 1. The van der Waals surface area contributed by atoms with Crippen LogP contribution in [0.1, 0.15) is 49.7 Å². The fourth-order valence-electron chi connectivity index (χ4n) is 2.66. The lowest BCUT2D eigenvalue weighted by molar-refractivity contribution is 0.491. The number of nitrogens with one attached hydrogen (secondary N) is 1. The average molecular weight is 285 g/mol. The molecule has 1 aromatic heterocycles. The Balaban J connectivity index is 2.03. The molecule has 0 aliphatic carbocycles. The molecule has 0 aliphatic heterocycles. The van der Waals surface area contributed by atoms with Crippen molar-refractivity contribution in [1.29, 1.82) is 0 Å². The molecule has 0 saturated heterocycles. The van der Waals surface area contributed by atoms with Gasteiger partial charge in [0.05, 0.1) is 5.69 Å². The van der Waals surface area contributed by atoms with Crippen LogP contribution >= 0.6 is 0 Å². The van der Waals surface area contributed by atoms with Crippen molar-refractivity contribution in [3.63, 3.8) is 0 Å². The molecule has 2 rings (SSSR count). The minimum Gasteiger partial charge on any atom is -0.310 e. The molecule has 1 N–H and O–H groups in total. The molecule has 0 fully saturated rings. The SMILES string of the molecule is CCCNC(CCc1cc(CC)nn1C)c1ccccc1. The van der Waals surface area contributed by atoms with Gasteiger partial charge in [-0.25, -0.2) is 0 Å². The van der Waals surface area contributed by atoms with Gasteiger partial charge in [0.2, 0.25) is 0 Å². The van der Waals surface area contributed by atoms with Crippen LogP contribution in [-0.2, 0) is 19.9 Å². The number of rotatable bonds is 8. The van der Waals surface area contributed by atoms with Crippen molar-refractivity contribution in [3.05, 3.63) is 53.3 Å². The summed E-state index contributed by atoms with van der Waals surface area (Å²) >= 11 is 0. The number of aryl methyl sites for hydroxylation is 3. The van der Waals surface area contributed by atoms with Crippen LogP contribution in [-0.4, -0.2) is 16.3 Å². The fraction of sp³-hybridized carbons (Fsp3) is 0.500. The minimum absolute atomic E-state index is 0.422. The predicted octanol–water partition coefficient (Wildman–Crippen LogP) is 3.66. The van der Waals surface area contributed by atoms with Gasteiger partial charge >= 0.3 is 0 Å². The van der Waals surface area contributed by atoms with Crippen LogP contribution in [0.5, 0.6) is 0 Å². The lowest BCUT2D eigenvalue weighted by atomic mass is 10.0. The van der Waals surface area contributed by atoms with Gasteiger partial charge in [-0.15, -0.1) is 0 Å². The highest BCUT2D eigenvalue weighted by Crippen LogP contribution is 2.19. The van der Waals surface area contributed by atoms with E-state index in [9.17, 15) is 0 Å². The van der Waals surface area contributed by atoms with E-state index in [1.54, 1.807) is 0 Å². The largest absolute Gasteiger partial charge is 0.310 e. The maximum atomic E-state index is 4.54. The summed E-state index contributed by atoms with van der Waals surface area (Å²) in [6, 6.07) is 13.4. The lowest BCUT2D eigenvalue weighted by Gasteiger charge is -2.19. The van der Waals surface area contributed by atoms with Gasteiger partial charge in [-0.2, -0.15) is 5.10 Å². The van der Waals surface area contributed by atoms with E-state index in [-0.39, 0.29) is 0 Å². The molecule has 1 heterocycles. The Morgan fingerprint density at radius 1 is 1.19 bits per heavy atom. The molecule has 2 aromatic rings. The molecule has 3 heteroatoms. The van der Waals surface area contributed by atoms with Crippen LogP contribution in [0, 0.1) is 0 Å². The highest BCUT2D eigenvalue weighted by Gasteiger charge is 2.12. The van der Waals surface area contributed by atoms with Crippen molar-refractivity contribution < 1.29 is 0 Å². The van der Waals surface area contributed by atoms with Crippen LogP contribution in [0.15, 0.2) is 36.4 Å². The third-order valence-electron chi connectivity index (χ3n) is 3.92. The zero-order chi connectivity index (χ0) is 15.1. The molecule has 0 radical (unpaired) electrons. The molecule has 0 bridgehead atoms. The van der Waals surface area contributed by atoms with Gasteiger partial charge < -0.3 is 5.32 Å². The number of aromatic nitrogens is 2. The summed E-state index contributed by atoms with van der Waals surface area (Å²) in [6.07, 6.45) is 4.32. The van der Waals surface area contributed by atoms with Gasteiger partial charge in [-0.3, -0.25) is 4.68 Å². The second-order valence-electron chi connectivity index (χ2n) is 5.56. The van der Waals surface area contributed by atoms with Crippen molar-refractivity contribution >= 4 is 0 Å².